The van der Waals surface area contributed by atoms with Gasteiger partial charge in [0.15, 0.2) is 17.7 Å². The molecule has 0 radical (unpaired) electrons. The number of nitrogens with zero attached hydrogens (tertiary/aromatic N) is 4. The van der Waals surface area contributed by atoms with Gasteiger partial charge in [-0.05, 0) is 55.9 Å². The molecule has 7 rings (SSSR count). The number of H-pyrrole nitrogens is 1. The number of rotatable bonds is 7. The number of benzene rings is 1. The number of carbonyl (C=O) groups is 1. The minimum absolute atomic E-state index is 0.0296. The minimum atomic E-state index is -4.70. The molecule has 40 heavy (non-hydrogen) atoms. The number of halogens is 4. The number of pyridine rings is 1. The molecule has 3 N–H and O–H groups in total. The zero-order valence-electron chi connectivity index (χ0n) is 20.7. The zero-order valence-corrected chi connectivity index (χ0v) is 21.5. The van der Waals surface area contributed by atoms with Crippen LogP contribution in [0.2, 0.25) is 5.02 Å². The number of carbonyl (C=O) groups excluding carboxylic acids is 1. The lowest BCUT2D eigenvalue weighted by Crippen LogP contribution is -2.39. The molecule has 2 unspecified atom stereocenters. The topological polar surface area (TPSA) is 113 Å². The van der Waals surface area contributed by atoms with Crippen LogP contribution < -0.4 is 10.6 Å². The largest absolute Gasteiger partial charge is 0.435 e. The number of amides is 1. The van der Waals surface area contributed by atoms with E-state index in [0.29, 0.717) is 28.1 Å². The van der Waals surface area contributed by atoms with Crippen molar-refractivity contribution < 1.29 is 22.7 Å². The van der Waals surface area contributed by atoms with Crippen molar-refractivity contribution >= 4 is 34.1 Å². The Bertz CT molecular complexity index is 1720. The van der Waals surface area contributed by atoms with Crippen LogP contribution in [0.4, 0.5) is 18.9 Å². The van der Waals surface area contributed by atoms with Crippen molar-refractivity contribution in [2.75, 3.05) is 5.32 Å². The molecule has 2 atom stereocenters. The number of nitrogens with one attached hydrogen (secondary N) is 3. The van der Waals surface area contributed by atoms with Crippen LogP contribution in [-0.2, 0) is 10.9 Å². The smallest absolute Gasteiger partial charge is 0.356 e. The summed E-state index contributed by atoms with van der Waals surface area (Å²) in [5.41, 5.74) is 0.265. The maximum Gasteiger partial charge on any atom is 0.435 e. The van der Waals surface area contributed by atoms with Gasteiger partial charge in [0, 0.05) is 22.7 Å². The highest BCUT2D eigenvalue weighted by molar-refractivity contribution is 6.32. The number of hydrogen-bond acceptors (Lipinski definition) is 6. The van der Waals surface area contributed by atoms with E-state index in [9.17, 15) is 18.0 Å². The molecule has 9 nitrogen and oxygen atoms in total. The third-order valence-corrected chi connectivity index (χ3v) is 7.96. The van der Waals surface area contributed by atoms with Gasteiger partial charge in [0.05, 0.1) is 33.7 Å². The SMILES string of the molecule is C#Cc1cc2cn[nH]c2c(C(=O)NC2(C3CC3)CC2)c1NC1OC1c1cc(C(F)(F)F)nn1-c1ncccc1Cl. The van der Waals surface area contributed by atoms with Crippen molar-refractivity contribution in [3.63, 3.8) is 0 Å². The molecule has 1 amide bonds. The summed E-state index contributed by atoms with van der Waals surface area (Å²) in [7, 11) is 0. The van der Waals surface area contributed by atoms with Crippen molar-refractivity contribution in [1.82, 2.24) is 30.3 Å². The number of aromatic nitrogens is 5. The normalized spacial score (nSPS) is 21.2. The predicted molar refractivity (Wildman–Crippen MR) is 139 cm³/mol. The Morgan fingerprint density at radius 3 is 2.77 bits per heavy atom. The van der Waals surface area contributed by atoms with E-state index in [0.717, 1.165) is 36.4 Å². The van der Waals surface area contributed by atoms with E-state index < -0.39 is 24.2 Å². The average molecular weight is 568 g/mol. The van der Waals surface area contributed by atoms with Gasteiger partial charge < -0.3 is 15.4 Å². The lowest BCUT2D eigenvalue weighted by atomic mass is 10.0. The molecular weight excluding hydrogens is 547 g/mol. The highest BCUT2D eigenvalue weighted by atomic mass is 35.5. The minimum Gasteiger partial charge on any atom is -0.356 e. The summed E-state index contributed by atoms with van der Waals surface area (Å²) >= 11 is 6.23. The fraction of sp³-hybridized carbons (Fsp3) is 0.333. The van der Waals surface area contributed by atoms with E-state index in [-0.39, 0.29) is 33.5 Å². The summed E-state index contributed by atoms with van der Waals surface area (Å²) in [6, 6.07) is 5.68. The molecule has 2 aliphatic carbocycles. The van der Waals surface area contributed by atoms with Crippen molar-refractivity contribution in [2.45, 2.75) is 49.7 Å². The number of aromatic amines is 1. The molecule has 1 aliphatic heterocycles. The summed E-state index contributed by atoms with van der Waals surface area (Å²) in [6.45, 7) is 0. The fourth-order valence-corrected chi connectivity index (χ4v) is 5.51. The van der Waals surface area contributed by atoms with Gasteiger partial charge in [-0.15, -0.1) is 6.42 Å². The lowest BCUT2D eigenvalue weighted by molar-refractivity contribution is -0.141. The van der Waals surface area contributed by atoms with Gasteiger partial charge in [0.1, 0.15) is 6.10 Å². The first-order chi connectivity index (χ1) is 19.2. The molecule has 0 spiro atoms. The van der Waals surface area contributed by atoms with Crippen molar-refractivity contribution in [3.05, 3.63) is 64.2 Å². The summed E-state index contributed by atoms with van der Waals surface area (Å²) in [5, 5.41) is 17.8. The Labute approximate surface area is 230 Å². The fourth-order valence-electron chi connectivity index (χ4n) is 5.31. The van der Waals surface area contributed by atoms with Crippen molar-refractivity contribution in [2.24, 2.45) is 5.92 Å². The van der Waals surface area contributed by atoms with Crippen LogP contribution in [0.3, 0.4) is 0 Å². The van der Waals surface area contributed by atoms with E-state index in [2.05, 4.69) is 36.8 Å². The molecule has 3 aliphatic rings. The standard InChI is InChI=1S/C27H21ClF3N7O2/c1-2-13-10-14-12-33-36-21(14)19(24(39)35-26(7-8-26)15-5-6-15)20(13)34-25-22(40-25)17-11-18(27(29,30)31)37-38(17)23-16(28)4-3-9-32-23/h1,3-4,9-12,15,22,25,34H,5-8H2,(H,33,36)(H,35,39). The first kappa shape index (κ1) is 24.9. The van der Waals surface area contributed by atoms with Crippen LogP contribution in [0, 0.1) is 18.3 Å². The van der Waals surface area contributed by atoms with E-state index in [4.69, 9.17) is 22.8 Å². The first-order valence-corrected chi connectivity index (χ1v) is 13.1. The van der Waals surface area contributed by atoms with Crippen LogP contribution in [0.1, 0.15) is 59.1 Å². The lowest BCUT2D eigenvalue weighted by Gasteiger charge is -2.20. The van der Waals surface area contributed by atoms with E-state index in [1.165, 1.54) is 12.3 Å². The summed E-state index contributed by atoms with van der Waals surface area (Å²) in [4.78, 5) is 17.8. The van der Waals surface area contributed by atoms with Gasteiger partial charge in [-0.2, -0.15) is 23.4 Å². The van der Waals surface area contributed by atoms with Gasteiger partial charge in [0.2, 0.25) is 0 Å². The monoisotopic (exact) mass is 567 g/mol. The van der Waals surface area contributed by atoms with Crippen molar-refractivity contribution in [3.8, 4) is 18.2 Å². The number of epoxide rings is 1. The third-order valence-electron chi connectivity index (χ3n) is 7.67. The van der Waals surface area contributed by atoms with Gasteiger partial charge in [-0.3, -0.25) is 9.89 Å². The molecule has 3 fully saturated rings. The van der Waals surface area contributed by atoms with Crippen LogP contribution >= 0.6 is 11.6 Å². The predicted octanol–water partition coefficient (Wildman–Crippen LogP) is 4.98. The molecule has 204 valence electrons. The second-order valence-corrected chi connectivity index (χ2v) is 10.7. The molecule has 1 aromatic carbocycles. The van der Waals surface area contributed by atoms with Gasteiger partial charge in [-0.1, -0.05) is 17.5 Å². The van der Waals surface area contributed by atoms with E-state index in [1.807, 2.05) is 0 Å². The van der Waals surface area contributed by atoms with Gasteiger partial charge in [-0.25, -0.2) is 9.67 Å². The number of anilines is 1. The number of ether oxygens (including phenoxy) is 1. The van der Waals surface area contributed by atoms with Crippen LogP contribution in [0.5, 0.6) is 0 Å². The average Bonchev–Trinajstić information content (AvgIpc) is 3.86. The second-order valence-electron chi connectivity index (χ2n) is 10.3. The van der Waals surface area contributed by atoms with E-state index in [1.54, 1.807) is 18.3 Å². The molecule has 4 aromatic rings. The third kappa shape index (κ3) is 4.17. The Balaban J connectivity index is 1.25. The summed E-state index contributed by atoms with van der Waals surface area (Å²) < 4.78 is 47.7. The van der Waals surface area contributed by atoms with Crippen LogP contribution in [0.15, 0.2) is 36.7 Å². The molecule has 0 bridgehead atoms. The Morgan fingerprint density at radius 1 is 1.30 bits per heavy atom. The molecule has 13 heteroatoms. The zero-order chi connectivity index (χ0) is 27.8. The van der Waals surface area contributed by atoms with Gasteiger partial charge >= 0.3 is 6.18 Å². The van der Waals surface area contributed by atoms with Crippen LogP contribution in [-0.4, -0.2) is 42.6 Å². The molecular formula is C27H21ClF3N7O2. The summed E-state index contributed by atoms with van der Waals surface area (Å²) in [5.74, 6) is 2.80. The quantitative estimate of drug-likeness (QED) is 0.214. The Morgan fingerprint density at radius 2 is 2.10 bits per heavy atom. The van der Waals surface area contributed by atoms with Crippen molar-refractivity contribution in [1.29, 1.82) is 0 Å². The van der Waals surface area contributed by atoms with Gasteiger partial charge in [0.25, 0.3) is 5.91 Å². The second kappa shape index (κ2) is 8.71. The Kier molecular flexibility index (Phi) is 5.43. The first-order valence-electron chi connectivity index (χ1n) is 12.7. The van der Waals surface area contributed by atoms with E-state index >= 15 is 0 Å². The number of alkyl halides is 3. The van der Waals surface area contributed by atoms with Crippen LogP contribution in [0.25, 0.3) is 16.7 Å². The number of hydrogen-bond donors (Lipinski definition) is 3. The maximum atomic E-state index is 13.7. The molecule has 4 heterocycles. The summed E-state index contributed by atoms with van der Waals surface area (Å²) in [6.07, 6.45) is 6.45. The molecule has 3 aromatic heterocycles. The Hall–Kier alpha value is -4.08. The molecule has 1 saturated heterocycles. The number of fused-ring (bicyclic) bond motifs is 1. The molecule has 2 saturated carbocycles. The number of terminal acetylenes is 1. The maximum absolute atomic E-state index is 13.7. The highest BCUT2D eigenvalue weighted by Crippen LogP contribution is 2.54. The highest BCUT2D eigenvalue weighted by Gasteiger charge is 2.55.